The Morgan fingerprint density at radius 2 is 1.64 bits per heavy atom. The Labute approximate surface area is 123 Å². The lowest BCUT2D eigenvalue weighted by Gasteiger charge is -2.15. The summed E-state index contributed by atoms with van der Waals surface area (Å²) in [6, 6.07) is 1.28. The summed E-state index contributed by atoms with van der Waals surface area (Å²) in [4.78, 5) is 0. The maximum absolute atomic E-state index is 13.5. The van der Waals surface area contributed by atoms with E-state index in [9.17, 15) is 22.0 Å². The summed E-state index contributed by atoms with van der Waals surface area (Å²) in [6.07, 6.45) is 3.04. The molecule has 1 N–H and O–H groups in total. The molecule has 1 heterocycles. The number of halogens is 5. The van der Waals surface area contributed by atoms with Crippen molar-refractivity contribution in [3.05, 3.63) is 53.1 Å². The molecule has 0 radical (unpaired) electrons. The fourth-order valence-corrected chi connectivity index (χ4v) is 2.07. The summed E-state index contributed by atoms with van der Waals surface area (Å²) in [5.74, 6) is -9.54. The molecule has 0 aliphatic rings. The van der Waals surface area contributed by atoms with Crippen molar-refractivity contribution < 1.29 is 22.0 Å². The minimum absolute atomic E-state index is 0.315. The van der Waals surface area contributed by atoms with Gasteiger partial charge in [-0.25, -0.2) is 22.0 Å². The highest BCUT2D eigenvalue weighted by atomic mass is 19.2. The van der Waals surface area contributed by atoms with Crippen LogP contribution in [0.2, 0.25) is 0 Å². The Hall–Kier alpha value is -1.96. The van der Waals surface area contributed by atoms with Gasteiger partial charge < -0.3 is 5.32 Å². The maximum Gasteiger partial charge on any atom is 0.200 e. The molecule has 22 heavy (non-hydrogen) atoms. The van der Waals surface area contributed by atoms with Gasteiger partial charge in [0.1, 0.15) is 0 Å². The summed E-state index contributed by atoms with van der Waals surface area (Å²) in [7, 11) is 0. The molecule has 2 rings (SSSR count). The van der Waals surface area contributed by atoms with Crippen molar-refractivity contribution in [2.24, 2.45) is 0 Å². The van der Waals surface area contributed by atoms with Gasteiger partial charge in [0.05, 0.1) is 6.54 Å². The summed E-state index contributed by atoms with van der Waals surface area (Å²) < 4.78 is 67.9. The van der Waals surface area contributed by atoms with Crippen LogP contribution in [-0.4, -0.2) is 22.4 Å². The van der Waals surface area contributed by atoms with Gasteiger partial charge in [-0.3, -0.25) is 4.68 Å². The molecule has 0 fully saturated rings. The highest BCUT2D eigenvalue weighted by Crippen LogP contribution is 2.23. The second kappa shape index (κ2) is 6.87. The topological polar surface area (TPSA) is 29.9 Å². The third-order valence-corrected chi connectivity index (χ3v) is 3.20. The predicted molar refractivity (Wildman–Crippen MR) is 69.6 cm³/mol. The Balaban J connectivity index is 2.01. The van der Waals surface area contributed by atoms with Crippen LogP contribution in [0.4, 0.5) is 22.0 Å². The third kappa shape index (κ3) is 3.44. The van der Waals surface area contributed by atoms with E-state index in [0.29, 0.717) is 13.1 Å². The van der Waals surface area contributed by atoms with Crippen molar-refractivity contribution in [2.45, 2.75) is 25.9 Å². The number of nitrogens with one attached hydrogen (secondary N) is 1. The van der Waals surface area contributed by atoms with E-state index < -0.39 is 40.7 Å². The first-order valence-electron chi connectivity index (χ1n) is 6.63. The van der Waals surface area contributed by atoms with E-state index in [4.69, 9.17) is 0 Å². The first-order valence-corrected chi connectivity index (χ1v) is 6.63. The number of rotatable bonds is 6. The first kappa shape index (κ1) is 16.4. The number of hydrogen-bond acceptors (Lipinski definition) is 2. The number of benzene rings is 1. The van der Waals surface area contributed by atoms with Crippen molar-refractivity contribution in [1.29, 1.82) is 0 Å². The summed E-state index contributed by atoms with van der Waals surface area (Å²) in [5, 5.41) is 6.92. The summed E-state index contributed by atoms with van der Waals surface area (Å²) in [5.41, 5.74) is -0.810. The van der Waals surface area contributed by atoms with Gasteiger partial charge in [-0.15, -0.1) is 0 Å². The molecule has 0 spiro atoms. The molecule has 8 heteroatoms. The molecular formula is C14H14F5N3. The van der Waals surface area contributed by atoms with Crippen molar-refractivity contribution in [2.75, 3.05) is 6.54 Å². The van der Waals surface area contributed by atoms with Gasteiger partial charge >= 0.3 is 0 Å². The second-order valence-corrected chi connectivity index (χ2v) is 4.88. The smallest absolute Gasteiger partial charge is 0.200 e. The number of nitrogens with zero attached hydrogens (tertiary/aromatic N) is 2. The van der Waals surface area contributed by atoms with E-state index in [-0.39, 0.29) is 6.42 Å². The Morgan fingerprint density at radius 1 is 1.05 bits per heavy atom. The molecule has 0 amide bonds. The van der Waals surface area contributed by atoms with Crippen LogP contribution < -0.4 is 5.32 Å². The molecule has 0 bridgehead atoms. The van der Waals surface area contributed by atoms with Gasteiger partial charge in [-0.1, -0.05) is 0 Å². The Morgan fingerprint density at radius 3 is 2.18 bits per heavy atom. The molecule has 0 aliphatic heterocycles. The van der Waals surface area contributed by atoms with Crippen molar-refractivity contribution in [1.82, 2.24) is 15.1 Å². The molecule has 1 unspecified atom stereocenters. The summed E-state index contributed by atoms with van der Waals surface area (Å²) in [6.45, 7) is 2.56. The van der Waals surface area contributed by atoms with Crippen molar-refractivity contribution >= 4 is 0 Å². The van der Waals surface area contributed by atoms with E-state index in [1.807, 2.05) is 0 Å². The average molecular weight is 319 g/mol. The van der Waals surface area contributed by atoms with E-state index >= 15 is 0 Å². The number of hydrogen-bond donors (Lipinski definition) is 1. The minimum Gasteiger partial charge on any atom is -0.312 e. The highest BCUT2D eigenvalue weighted by Gasteiger charge is 2.26. The van der Waals surface area contributed by atoms with Gasteiger partial charge in [0.15, 0.2) is 23.3 Å². The van der Waals surface area contributed by atoms with Gasteiger partial charge in [0.25, 0.3) is 0 Å². The largest absolute Gasteiger partial charge is 0.312 e. The SMILES string of the molecule is CC(Cc1c(F)c(F)c(F)c(F)c1F)NCCn1cccn1. The monoisotopic (exact) mass is 319 g/mol. The molecule has 120 valence electrons. The van der Waals surface area contributed by atoms with Gasteiger partial charge in [0, 0.05) is 30.5 Å². The fraction of sp³-hybridized carbons (Fsp3) is 0.357. The molecule has 0 saturated carbocycles. The third-order valence-electron chi connectivity index (χ3n) is 3.20. The lowest BCUT2D eigenvalue weighted by molar-refractivity contribution is 0.365. The van der Waals surface area contributed by atoms with Crippen LogP contribution >= 0.6 is 0 Å². The Bertz CT molecular complexity index is 613. The highest BCUT2D eigenvalue weighted by molar-refractivity contribution is 5.24. The van der Waals surface area contributed by atoms with Crippen molar-refractivity contribution in [3.63, 3.8) is 0 Å². The fourth-order valence-electron chi connectivity index (χ4n) is 2.07. The molecule has 0 aliphatic carbocycles. The normalized spacial score (nSPS) is 12.6. The standard InChI is InChI=1S/C14H14F5N3/c1-8(20-4-6-22-5-2-3-21-22)7-9-10(15)12(17)14(19)13(18)11(9)16/h2-3,5,8,20H,4,6-7H2,1H3. The molecule has 0 saturated heterocycles. The Kier molecular flexibility index (Phi) is 5.12. The summed E-state index contributed by atoms with van der Waals surface area (Å²) >= 11 is 0. The van der Waals surface area contributed by atoms with Crippen LogP contribution in [0.5, 0.6) is 0 Å². The first-order chi connectivity index (χ1) is 10.4. The predicted octanol–water partition coefficient (Wildman–Crippen LogP) is 2.80. The molecule has 2 aromatic rings. The number of aromatic nitrogens is 2. The quantitative estimate of drug-likeness (QED) is 0.504. The molecule has 1 aromatic carbocycles. The molecule has 1 atom stereocenters. The van der Waals surface area contributed by atoms with Crippen molar-refractivity contribution in [3.8, 4) is 0 Å². The van der Waals surface area contributed by atoms with Gasteiger partial charge in [0.2, 0.25) is 5.82 Å². The average Bonchev–Trinajstić information content (AvgIpc) is 3.01. The van der Waals surface area contributed by atoms with Crippen LogP contribution in [0.15, 0.2) is 18.5 Å². The molecular weight excluding hydrogens is 305 g/mol. The zero-order valence-corrected chi connectivity index (χ0v) is 11.7. The zero-order chi connectivity index (χ0) is 16.3. The van der Waals surface area contributed by atoms with Gasteiger partial charge in [-0.2, -0.15) is 5.10 Å². The lowest BCUT2D eigenvalue weighted by atomic mass is 10.0. The maximum atomic E-state index is 13.5. The van der Waals surface area contributed by atoms with E-state index in [2.05, 4.69) is 10.4 Å². The van der Waals surface area contributed by atoms with E-state index in [0.717, 1.165) is 0 Å². The van der Waals surface area contributed by atoms with Crippen LogP contribution in [0.1, 0.15) is 12.5 Å². The molecule has 3 nitrogen and oxygen atoms in total. The van der Waals surface area contributed by atoms with E-state index in [1.54, 1.807) is 30.1 Å². The lowest BCUT2D eigenvalue weighted by Crippen LogP contribution is -2.32. The van der Waals surface area contributed by atoms with Crippen LogP contribution in [-0.2, 0) is 13.0 Å². The van der Waals surface area contributed by atoms with Crippen LogP contribution in [0, 0.1) is 29.1 Å². The minimum atomic E-state index is -2.14. The van der Waals surface area contributed by atoms with E-state index in [1.165, 1.54) is 0 Å². The van der Waals surface area contributed by atoms with Crippen LogP contribution in [0.3, 0.4) is 0 Å². The van der Waals surface area contributed by atoms with Crippen LogP contribution in [0.25, 0.3) is 0 Å². The zero-order valence-electron chi connectivity index (χ0n) is 11.7. The second-order valence-electron chi connectivity index (χ2n) is 4.88. The molecule has 1 aromatic heterocycles. The van der Waals surface area contributed by atoms with Gasteiger partial charge in [-0.05, 0) is 19.4 Å².